The Balaban J connectivity index is 1.59. The van der Waals surface area contributed by atoms with E-state index in [0.717, 1.165) is 35.3 Å². The molecule has 0 radical (unpaired) electrons. The molecule has 1 amide bonds. The molecular weight excluding hydrogens is 490 g/mol. The number of benzene rings is 3. The van der Waals surface area contributed by atoms with E-state index in [1.807, 2.05) is 48.5 Å². The molecule has 1 heterocycles. The standard InChI is InChI=1S/C29H26ClN3O2S/c1-3-29(2)17-19-9-7-8-12-23(19)26-25(29)27(35)33(22-10-5-4-6-11-22)28(32-26)36-18-24(34)31-21-15-13-20(30)14-16-21/h4-16H,3,17-18H2,1-2H3,(H,31,34). The van der Waals surface area contributed by atoms with Crippen molar-refractivity contribution in [1.29, 1.82) is 0 Å². The van der Waals surface area contributed by atoms with Crippen molar-refractivity contribution in [1.82, 2.24) is 9.55 Å². The van der Waals surface area contributed by atoms with Crippen molar-refractivity contribution >= 4 is 35.0 Å². The smallest absolute Gasteiger partial charge is 0.263 e. The molecule has 5 nitrogen and oxygen atoms in total. The molecule has 1 N–H and O–H groups in total. The minimum atomic E-state index is -0.334. The molecule has 7 heteroatoms. The molecule has 3 aromatic carbocycles. The number of anilines is 1. The van der Waals surface area contributed by atoms with E-state index in [1.165, 1.54) is 17.3 Å². The van der Waals surface area contributed by atoms with E-state index < -0.39 is 0 Å². The fourth-order valence-electron chi connectivity index (χ4n) is 4.72. The maximum atomic E-state index is 14.2. The number of halogens is 1. The second-order valence-corrected chi connectivity index (χ2v) is 10.6. The van der Waals surface area contributed by atoms with Crippen molar-refractivity contribution < 1.29 is 4.79 Å². The van der Waals surface area contributed by atoms with Gasteiger partial charge in [0.05, 0.1) is 22.7 Å². The summed E-state index contributed by atoms with van der Waals surface area (Å²) in [7, 11) is 0. The lowest BCUT2D eigenvalue weighted by Gasteiger charge is -2.35. The van der Waals surface area contributed by atoms with Crippen LogP contribution in [-0.4, -0.2) is 21.2 Å². The van der Waals surface area contributed by atoms with Gasteiger partial charge in [0.15, 0.2) is 5.16 Å². The number of para-hydroxylation sites is 1. The molecule has 5 rings (SSSR count). The molecule has 1 aromatic heterocycles. The number of carbonyl (C=O) groups is 1. The SMILES string of the molecule is CCC1(C)Cc2ccccc2-c2nc(SCC(=O)Nc3ccc(Cl)cc3)n(-c3ccccc3)c(=O)c21. The number of hydrogen-bond donors (Lipinski definition) is 1. The van der Waals surface area contributed by atoms with Crippen LogP contribution in [0, 0.1) is 0 Å². The molecule has 0 spiro atoms. The van der Waals surface area contributed by atoms with Gasteiger partial charge in [-0.1, -0.05) is 79.7 Å². The van der Waals surface area contributed by atoms with E-state index in [9.17, 15) is 9.59 Å². The van der Waals surface area contributed by atoms with Crippen LogP contribution < -0.4 is 10.9 Å². The molecule has 36 heavy (non-hydrogen) atoms. The normalized spacial score (nSPS) is 16.2. The van der Waals surface area contributed by atoms with Crippen molar-refractivity contribution in [3.63, 3.8) is 0 Å². The predicted octanol–water partition coefficient (Wildman–Crippen LogP) is 6.51. The summed E-state index contributed by atoms with van der Waals surface area (Å²) in [5.41, 5.74) is 4.62. The average Bonchev–Trinajstić information content (AvgIpc) is 2.89. The third kappa shape index (κ3) is 4.59. The Morgan fingerprint density at radius 1 is 1.06 bits per heavy atom. The first-order valence-electron chi connectivity index (χ1n) is 11.9. The van der Waals surface area contributed by atoms with Gasteiger partial charge in [0.25, 0.3) is 5.56 Å². The quantitative estimate of drug-likeness (QED) is 0.235. The van der Waals surface area contributed by atoms with Crippen LogP contribution in [0.25, 0.3) is 16.9 Å². The van der Waals surface area contributed by atoms with Gasteiger partial charge in [-0.2, -0.15) is 0 Å². The zero-order valence-corrected chi connectivity index (χ0v) is 21.7. The van der Waals surface area contributed by atoms with Gasteiger partial charge in [-0.05, 0) is 54.8 Å². The molecule has 1 atom stereocenters. The van der Waals surface area contributed by atoms with Gasteiger partial charge in [0, 0.05) is 21.7 Å². The fourth-order valence-corrected chi connectivity index (χ4v) is 5.65. The lowest BCUT2D eigenvalue weighted by Crippen LogP contribution is -2.39. The minimum Gasteiger partial charge on any atom is -0.325 e. The Labute approximate surface area is 219 Å². The summed E-state index contributed by atoms with van der Waals surface area (Å²) in [6, 6.07) is 24.6. The van der Waals surface area contributed by atoms with Crippen molar-refractivity contribution in [2.75, 3.05) is 11.1 Å². The van der Waals surface area contributed by atoms with Crippen LogP contribution in [0.5, 0.6) is 0 Å². The lowest BCUT2D eigenvalue weighted by atomic mass is 9.69. The monoisotopic (exact) mass is 515 g/mol. The van der Waals surface area contributed by atoms with Gasteiger partial charge in [0.1, 0.15) is 0 Å². The highest BCUT2D eigenvalue weighted by molar-refractivity contribution is 7.99. The van der Waals surface area contributed by atoms with Crippen molar-refractivity contribution in [3.8, 4) is 16.9 Å². The summed E-state index contributed by atoms with van der Waals surface area (Å²) in [5.74, 6) is -0.0828. The Bertz CT molecular complexity index is 1490. The van der Waals surface area contributed by atoms with E-state index in [-0.39, 0.29) is 22.6 Å². The molecule has 0 aliphatic heterocycles. The first-order valence-corrected chi connectivity index (χ1v) is 13.3. The Hall–Kier alpha value is -3.35. The van der Waals surface area contributed by atoms with E-state index >= 15 is 0 Å². The van der Waals surface area contributed by atoms with Crippen LogP contribution in [0.1, 0.15) is 31.4 Å². The molecular formula is C29H26ClN3O2S. The first-order chi connectivity index (χ1) is 17.4. The Kier molecular flexibility index (Phi) is 6.73. The zero-order chi connectivity index (χ0) is 25.3. The maximum absolute atomic E-state index is 14.2. The van der Waals surface area contributed by atoms with Gasteiger partial charge >= 0.3 is 0 Å². The number of rotatable bonds is 6. The maximum Gasteiger partial charge on any atom is 0.263 e. The molecule has 182 valence electrons. The summed E-state index contributed by atoms with van der Waals surface area (Å²) < 4.78 is 1.65. The summed E-state index contributed by atoms with van der Waals surface area (Å²) in [5, 5.41) is 3.98. The molecule has 1 unspecified atom stereocenters. The number of fused-ring (bicyclic) bond motifs is 3. The number of amides is 1. The van der Waals surface area contributed by atoms with Crippen LogP contribution in [0.2, 0.25) is 5.02 Å². The van der Waals surface area contributed by atoms with E-state index in [2.05, 4.69) is 25.2 Å². The second-order valence-electron chi connectivity index (χ2n) is 9.19. The molecule has 0 bridgehead atoms. The van der Waals surface area contributed by atoms with Gasteiger partial charge in [-0.25, -0.2) is 4.98 Å². The first kappa shape index (κ1) is 24.3. The van der Waals surface area contributed by atoms with E-state index in [1.54, 1.807) is 28.8 Å². The average molecular weight is 516 g/mol. The van der Waals surface area contributed by atoms with Crippen LogP contribution in [0.15, 0.2) is 88.8 Å². The summed E-state index contributed by atoms with van der Waals surface area (Å²) >= 11 is 7.20. The highest BCUT2D eigenvalue weighted by Crippen LogP contribution is 2.43. The van der Waals surface area contributed by atoms with Gasteiger partial charge in [-0.3, -0.25) is 14.2 Å². The summed E-state index contributed by atoms with van der Waals surface area (Å²) in [4.78, 5) is 32.0. The number of hydrogen-bond acceptors (Lipinski definition) is 4. The number of aromatic nitrogens is 2. The van der Waals surface area contributed by atoms with Gasteiger partial charge < -0.3 is 5.32 Å². The second kappa shape index (κ2) is 9.96. The van der Waals surface area contributed by atoms with Crippen LogP contribution >= 0.6 is 23.4 Å². The number of carbonyl (C=O) groups excluding carboxylic acids is 1. The van der Waals surface area contributed by atoms with Crippen molar-refractivity contribution in [2.45, 2.75) is 37.3 Å². The fraction of sp³-hybridized carbons (Fsp3) is 0.207. The van der Waals surface area contributed by atoms with E-state index in [0.29, 0.717) is 15.9 Å². The third-order valence-electron chi connectivity index (χ3n) is 6.76. The topological polar surface area (TPSA) is 64.0 Å². The molecule has 4 aromatic rings. The van der Waals surface area contributed by atoms with Crippen LogP contribution in [-0.2, 0) is 16.6 Å². The number of nitrogens with one attached hydrogen (secondary N) is 1. The van der Waals surface area contributed by atoms with Crippen molar-refractivity contribution in [3.05, 3.63) is 105 Å². The van der Waals surface area contributed by atoms with Gasteiger partial charge in [0.2, 0.25) is 5.91 Å². The van der Waals surface area contributed by atoms with Gasteiger partial charge in [-0.15, -0.1) is 0 Å². The molecule has 0 saturated heterocycles. The highest BCUT2D eigenvalue weighted by Gasteiger charge is 2.38. The molecule has 0 saturated carbocycles. The zero-order valence-electron chi connectivity index (χ0n) is 20.1. The third-order valence-corrected chi connectivity index (χ3v) is 7.95. The largest absolute Gasteiger partial charge is 0.325 e. The Morgan fingerprint density at radius 3 is 2.47 bits per heavy atom. The summed E-state index contributed by atoms with van der Waals surface area (Å²) in [6.07, 6.45) is 1.60. The van der Waals surface area contributed by atoms with E-state index in [4.69, 9.17) is 16.6 Å². The predicted molar refractivity (Wildman–Crippen MR) is 147 cm³/mol. The molecule has 0 fully saturated rings. The molecule has 1 aliphatic carbocycles. The number of nitrogens with zero attached hydrogens (tertiary/aromatic N) is 2. The lowest BCUT2D eigenvalue weighted by molar-refractivity contribution is -0.113. The molecule has 1 aliphatic rings. The number of thioether (sulfide) groups is 1. The summed E-state index contributed by atoms with van der Waals surface area (Å²) in [6.45, 7) is 4.26. The Morgan fingerprint density at radius 2 is 1.75 bits per heavy atom. The highest BCUT2D eigenvalue weighted by atomic mass is 35.5. The van der Waals surface area contributed by atoms with Crippen LogP contribution in [0.4, 0.5) is 5.69 Å². The van der Waals surface area contributed by atoms with Crippen LogP contribution in [0.3, 0.4) is 0 Å². The van der Waals surface area contributed by atoms with Crippen molar-refractivity contribution in [2.24, 2.45) is 0 Å². The minimum absolute atomic E-state index is 0.0781.